The van der Waals surface area contributed by atoms with Crippen LogP contribution in [0.4, 0.5) is 15.2 Å². The fourth-order valence-electron chi connectivity index (χ4n) is 3.33. The fraction of sp³-hybridized carbons (Fsp3) is 0.278. The molecule has 3 aromatic rings. The van der Waals surface area contributed by atoms with Crippen molar-refractivity contribution in [3.63, 3.8) is 0 Å². The van der Waals surface area contributed by atoms with Gasteiger partial charge in [0.25, 0.3) is 0 Å². The third kappa shape index (κ3) is 3.03. The molecule has 0 spiro atoms. The van der Waals surface area contributed by atoms with Crippen LogP contribution in [0, 0.1) is 5.82 Å². The lowest BCUT2D eigenvalue weighted by molar-refractivity contribution is -0.105. The van der Waals surface area contributed by atoms with Gasteiger partial charge in [-0.25, -0.2) is 9.37 Å². The Labute approximate surface area is 159 Å². The number of thiazole rings is 1. The van der Waals surface area contributed by atoms with E-state index < -0.39 is 5.54 Å². The van der Waals surface area contributed by atoms with Crippen LogP contribution in [0.15, 0.2) is 36.7 Å². The molecule has 1 aliphatic carbocycles. The number of carbonyl (C=O) groups is 1. The standard InChI is InChI=1S/C18H17FN6OS/c1-25(18(7-3-8-18)16-12(19)4-2-9-20-16)14-6-5-13(23-24-14)17-21-10-15(27-17)22-11-26/h2,4-6,9-11H,3,7-8H2,1H3,(H,22,26). The molecular weight excluding hydrogens is 367 g/mol. The highest BCUT2D eigenvalue weighted by atomic mass is 32.1. The van der Waals surface area contributed by atoms with Crippen molar-refractivity contribution in [2.24, 2.45) is 0 Å². The van der Waals surface area contributed by atoms with Crippen molar-refractivity contribution < 1.29 is 9.18 Å². The molecule has 138 valence electrons. The Balaban J connectivity index is 1.61. The fourth-order valence-corrected chi connectivity index (χ4v) is 4.07. The topological polar surface area (TPSA) is 83.9 Å². The molecule has 0 unspecified atom stereocenters. The van der Waals surface area contributed by atoms with Crippen LogP contribution in [0.2, 0.25) is 0 Å². The molecule has 3 heterocycles. The number of hydrogen-bond donors (Lipinski definition) is 1. The van der Waals surface area contributed by atoms with Crippen LogP contribution < -0.4 is 10.2 Å². The highest BCUT2D eigenvalue weighted by molar-refractivity contribution is 7.19. The molecule has 0 bridgehead atoms. The first-order valence-corrected chi connectivity index (χ1v) is 9.31. The van der Waals surface area contributed by atoms with Gasteiger partial charge in [-0.15, -0.1) is 10.2 Å². The Bertz CT molecular complexity index is 956. The summed E-state index contributed by atoms with van der Waals surface area (Å²) >= 11 is 1.32. The van der Waals surface area contributed by atoms with E-state index in [1.54, 1.807) is 18.5 Å². The average molecular weight is 384 g/mol. The highest BCUT2D eigenvalue weighted by Gasteiger charge is 2.46. The first-order chi connectivity index (χ1) is 13.1. The second kappa shape index (κ2) is 6.99. The number of amides is 1. The predicted octanol–water partition coefficient (Wildman–Crippen LogP) is 3.22. The summed E-state index contributed by atoms with van der Waals surface area (Å²) in [5, 5.41) is 12.4. The molecule has 1 aliphatic rings. The molecule has 7 nitrogen and oxygen atoms in total. The molecule has 4 rings (SSSR count). The van der Waals surface area contributed by atoms with Crippen LogP contribution in [-0.4, -0.2) is 33.6 Å². The summed E-state index contributed by atoms with van der Waals surface area (Å²) in [5.41, 5.74) is 0.570. The number of hydrogen-bond acceptors (Lipinski definition) is 7. The second-order valence-corrected chi connectivity index (χ2v) is 7.38. The van der Waals surface area contributed by atoms with E-state index in [0.29, 0.717) is 33.6 Å². The summed E-state index contributed by atoms with van der Waals surface area (Å²) in [7, 11) is 1.90. The van der Waals surface area contributed by atoms with E-state index >= 15 is 0 Å². The number of pyridine rings is 1. The molecule has 1 N–H and O–H groups in total. The van der Waals surface area contributed by atoms with Gasteiger partial charge in [0.2, 0.25) is 6.41 Å². The van der Waals surface area contributed by atoms with Crippen molar-refractivity contribution >= 4 is 28.6 Å². The van der Waals surface area contributed by atoms with Crippen molar-refractivity contribution in [2.75, 3.05) is 17.3 Å². The van der Waals surface area contributed by atoms with Gasteiger partial charge in [0.15, 0.2) is 5.82 Å². The molecule has 27 heavy (non-hydrogen) atoms. The second-order valence-electron chi connectivity index (χ2n) is 6.35. The zero-order valence-electron chi connectivity index (χ0n) is 14.6. The Morgan fingerprint density at radius 2 is 2.11 bits per heavy atom. The van der Waals surface area contributed by atoms with Gasteiger partial charge in [0.05, 0.1) is 11.7 Å². The van der Waals surface area contributed by atoms with Crippen LogP contribution >= 0.6 is 11.3 Å². The van der Waals surface area contributed by atoms with Crippen LogP contribution in [0.1, 0.15) is 25.0 Å². The number of nitrogens with one attached hydrogen (secondary N) is 1. The van der Waals surface area contributed by atoms with Gasteiger partial charge in [0, 0.05) is 13.2 Å². The molecule has 0 aromatic carbocycles. The number of carbonyl (C=O) groups excluding carboxylic acids is 1. The third-order valence-electron chi connectivity index (χ3n) is 4.94. The summed E-state index contributed by atoms with van der Waals surface area (Å²) < 4.78 is 14.4. The van der Waals surface area contributed by atoms with Crippen LogP contribution in [0.5, 0.6) is 0 Å². The zero-order valence-corrected chi connectivity index (χ0v) is 15.4. The number of anilines is 2. The summed E-state index contributed by atoms with van der Waals surface area (Å²) in [6, 6.07) is 6.71. The van der Waals surface area contributed by atoms with Crippen molar-refractivity contribution in [1.82, 2.24) is 20.2 Å². The van der Waals surface area contributed by atoms with E-state index in [1.165, 1.54) is 17.4 Å². The molecule has 0 radical (unpaired) electrons. The van der Waals surface area contributed by atoms with E-state index in [2.05, 4.69) is 25.5 Å². The van der Waals surface area contributed by atoms with Gasteiger partial charge >= 0.3 is 0 Å². The molecule has 0 atom stereocenters. The quantitative estimate of drug-likeness (QED) is 0.657. The number of rotatable bonds is 6. The van der Waals surface area contributed by atoms with Gasteiger partial charge in [-0.3, -0.25) is 9.78 Å². The van der Waals surface area contributed by atoms with Gasteiger partial charge < -0.3 is 10.2 Å². The third-order valence-corrected chi connectivity index (χ3v) is 5.89. The normalized spacial score (nSPS) is 15.0. The minimum atomic E-state index is -0.496. The smallest absolute Gasteiger partial charge is 0.212 e. The maximum absolute atomic E-state index is 14.4. The minimum Gasteiger partial charge on any atom is -0.347 e. The number of halogens is 1. The molecule has 1 amide bonds. The summed E-state index contributed by atoms with van der Waals surface area (Å²) in [6.07, 6.45) is 6.44. The Hall–Kier alpha value is -2.94. The number of nitrogens with zero attached hydrogens (tertiary/aromatic N) is 5. The Morgan fingerprint density at radius 3 is 2.74 bits per heavy atom. The first kappa shape index (κ1) is 17.5. The summed E-state index contributed by atoms with van der Waals surface area (Å²) in [4.78, 5) is 21.0. The van der Waals surface area contributed by atoms with E-state index in [1.807, 2.05) is 24.1 Å². The molecule has 3 aromatic heterocycles. The highest BCUT2D eigenvalue weighted by Crippen LogP contribution is 2.47. The maximum atomic E-state index is 14.4. The van der Waals surface area contributed by atoms with E-state index in [0.717, 1.165) is 19.3 Å². The van der Waals surface area contributed by atoms with E-state index in [4.69, 9.17) is 0 Å². The van der Waals surface area contributed by atoms with Crippen LogP contribution in [0.25, 0.3) is 10.7 Å². The Kier molecular flexibility index (Phi) is 4.53. The molecule has 0 aliphatic heterocycles. The lowest BCUT2D eigenvalue weighted by atomic mass is 9.72. The van der Waals surface area contributed by atoms with Crippen molar-refractivity contribution in [3.05, 3.63) is 48.2 Å². The van der Waals surface area contributed by atoms with Gasteiger partial charge in [-0.05, 0) is 43.5 Å². The molecular formula is C18H17FN6OS. The number of aromatic nitrogens is 4. The lowest BCUT2D eigenvalue weighted by Gasteiger charge is -2.48. The largest absolute Gasteiger partial charge is 0.347 e. The summed E-state index contributed by atoms with van der Waals surface area (Å²) in [5.74, 6) is 0.345. The van der Waals surface area contributed by atoms with E-state index in [-0.39, 0.29) is 5.82 Å². The molecule has 1 saturated carbocycles. The van der Waals surface area contributed by atoms with Crippen LogP contribution in [0.3, 0.4) is 0 Å². The summed E-state index contributed by atoms with van der Waals surface area (Å²) in [6.45, 7) is 0. The van der Waals surface area contributed by atoms with Crippen molar-refractivity contribution in [1.29, 1.82) is 0 Å². The van der Waals surface area contributed by atoms with Crippen molar-refractivity contribution in [3.8, 4) is 10.7 Å². The Morgan fingerprint density at radius 1 is 1.26 bits per heavy atom. The first-order valence-electron chi connectivity index (χ1n) is 8.49. The van der Waals surface area contributed by atoms with Gasteiger partial charge in [-0.2, -0.15) is 0 Å². The minimum absolute atomic E-state index is 0.299. The van der Waals surface area contributed by atoms with Crippen molar-refractivity contribution in [2.45, 2.75) is 24.8 Å². The molecule has 9 heteroatoms. The van der Waals surface area contributed by atoms with Gasteiger partial charge in [0.1, 0.15) is 27.2 Å². The lowest BCUT2D eigenvalue weighted by Crippen LogP contribution is -2.51. The molecule has 0 saturated heterocycles. The van der Waals surface area contributed by atoms with Gasteiger partial charge in [-0.1, -0.05) is 11.3 Å². The van der Waals surface area contributed by atoms with E-state index in [9.17, 15) is 9.18 Å². The van der Waals surface area contributed by atoms with Crippen LogP contribution in [-0.2, 0) is 10.3 Å². The monoisotopic (exact) mass is 384 g/mol. The average Bonchev–Trinajstić information content (AvgIpc) is 3.11. The zero-order chi connectivity index (χ0) is 18.9. The predicted molar refractivity (Wildman–Crippen MR) is 101 cm³/mol. The maximum Gasteiger partial charge on any atom is 0.212 e. The molecule has 1 fully saturated rings. The SMILES string of the molecule is CN(c1ccc(-c2ncc(NC=O)s2)nn1)C1(c2ncccc2F)CCC1.